The third kappa shape index (κ3) is 5.89. The van der Waals surface area contributed by atoms with Gasteiger partial charge in [0.1, 0.15) is 0 Å². The zero-order chi connectivity index (χ0) is 16.0. The van der Waals surface area contributed by atoms with Crippen LogP contribution in [0.1, 0.15) is 20.8 Å². The Morgan fingerprint density at radius 1 is 1.29 bits per heavy atom. The van der Waals surface area contributed by atoms with Gasteiger partial charge in [-0.2, -0.15) is 0 Å². The zero-order valence-electron chi connectivity index (χ0n) is 12.0. The van der Waals surface area contributed by atoms with E-state index in [1.807, 2.05) is 0 Å². The van der Waals surface area contributed by atoms with Crippen molar-refractivity contribution in [2.24, 2.45) is 0 Å². The average molecular weight is 295 g/mol. The van der Waals surface area contributed by atoms with E-state index in [-0.39, 0.29) is 11.4 Å². The first-order valence-electron chi connectivity index (χ1n) is 6.17. The lowest BCUT2D eigenvalue weighted by Gasteiger charge is -2.20. The largest absolute Gasteiger partial charge is 0.477 e. The molecule has 0 spiro atoms. The van der Waals surface area contributed by atoms with Crippen LogP contribution in [0.3, 0.4) is 0 Å². The molecule has 0 saturated carbocycles. The van der Waals surface area contributed by atoms with E-state index in [9.17, 15) is 19.7 Å². The van der Waals surface area contributed by atoms with Gasteiger partial charge < -0.3 is 10.1 Å². The fourth-order valence-corrected chi connectivity index (χ4v) is 1.41. The number of nitrogens with zero attached hydrogens (tertiary/aromatic N) is 1. The van der Waals surface area contributed by atoms with Crippen LogP contribution in [0.4, 0.5) is 10.5 Å². The minimum atomic E-state index is -0.699. The van der Waals surface area contributed by atoms with Crippen LogP contribution >= 0.6 is 0 Å². The number of carbonyl (C=O) groups is 2. The number of para-hydroxylation sites is 2. The van der Waals surface area contributed by atoms with Crippen molar-refractivity contribution < 1.29 is 19.2 Å². The van der Waals surface area contributed by atoms with Crippen LogP contribution in [0.15, 0.2) is 24.3 Å². The maximum absolute atomic E-state index is 11.5. The lowest BCUT2D eigenvalue weighted by Crippen LogP contribution is -2.49. The van der Waals surface area contributed by atoms with Crippen molar-refractivity contribution in [3.8, 4) is 5.75 Å². The summed E-state index contributed by atoms with van der Waals surface area (Å²) in [5.74, 6) is -0.733. The van der Waals surface area contributed by atoms with Crippen LogP contribution in [0, 0.1) is 10.1 Å². The second-order valence-corrected chi connectivity index (χ2v) is 5.27. The molecule has 21 heavy (non-hydrogen) atoms. The van der Waals surface area contributed by atoms with Gasteiger partial charge in [0.15, 0.2) is 12.4 Å². The number of benzene rings is 1. The zero-order valence-corrected chi connectivity index (χ0v) is 12.0. The molecule has 8 heteroatoms. The highest BCUT2D eigenvalue weighted by Crippen LogP contribution is 2.25. The topological polar surface area (TPSA) is 111 Å². The van der Waals surface area contributed by atoms with Crippen LogP contribution in [-0.2, 0) is 4.79 Å². The van der Waals surface area contributed by atoms with Gasteiger partial charge in [-0.25, -0.2) is 4.79 Å². The number of nitrogens with one attached hydrogen (secondary N) is 2. The molecule has 0 fully saturated rings. The number of nitro benzene ring substituents is 1. The third-order valence-corrected chi connectivity index (χ3v) is 2.16. The van der Waals surface area contributed by atoms with Gasteiger partial charge in [0.2, 0.25) is 0 Å². The highest BCUT2D eigenvalue weighted by molar-refractivity contribution is 5.95. The van der Waals surface area contributed by atoms with Gasteiger partial charge in [-0.1, -0.05) is 12.1 Å². The van der Waals surface area contributed by atoms with Gasteiger partial charge in [0.25, 0.3) is 5.91 Å². The second kappa shape index (κ2) is 6.69. The normalized spacial score (nSPS) is 10.6. The van der Waals surface area contributed by atoms with Crippen molar-refractivity contribution in [2.75, 3.05) is 6.61 Å². The van der Waals surface area contributed by atoms with Gasteiger partial charge in [-0.15, -0.1) is 0 Å². The van der Waals surface area contributed by atoms with E-state index in [0.717, 1.165) is 0 Å². The highest BCUT2D eigenvalue weighted by Gasteiger charge is 2.18. The number of carbonyl (C=O) groups excluding carboxylic acids is 2. The maximum atomic E-state index is 11.5. The second-order valence-electron chi connectivity index (χ2n) is 5.27. The molecule has 0 aliphatic rings. The maximum Gasteiger partial charge on any atom is 0.321 e. The van der Waals surface area contributed by atoms with Crippen molar-refractivity contribution in [2.45, 2.75) is 26.3 Å². The minimum absolute atomic E-state index is 0.0334. The first kappa shape index (κ1) is 16.4. The van der Waals surface area contributed by atoms with E-state index >= 15 is 0 Å². The predicted molar refractivity (Wildman–Crippen MR) is 75.0 cm³/mol. The number of hydrogen-bond acceptors (Lipinski definition) is 5. The van der Waals surface area contributed by atoms with E-state index in [0.29, 0.717) is 0 Å². The number of urea groups is 1. The highest BCUT2D eigenvalue weighted by atomic mass is 16.6. The molecule has 0 saturated heterocycles. The molecule has 0 aromatic heterocycles. The molecule has 114 valence electrons. The average Bonchev–Trinajstić information content (AvgIpc) is 2.34. The first-order valence-corrected chi connectivity index (χ1v) is 6.17. The number of hydrogen-bond donors (Lipinski definition) is 2. The molecule has 3 amide bonds. The third-order valence-electron chi connectivity index (χ3n) is 2.16. The fraction of sp³-hybridized carbons (Fsp3) is 0.385. The Morgan fingerprint density at radius 2 is 1.90 bits per heavy atom. The van der Waals surface area contributed by atoms with Crippen LogP contribution in [0.25, 0.3) is 0 Å². The Balaban J connectivity index is 2.54. The van der Waals surface area contributed by atoms with Crippen LogP contribution < -0.4 is 15.4 Å². The summed E-state index contributed by atoms with van der Waals surface area (Å²) in [4.78, 5) is 33.1. The molecular weight excluding hydrogens is 278 g/mol. The molecular formula is C13H17N3O5. The summed E-state index contributed by atoms with van der Waals surface area (Å²) < 4.78 is 5.06. The van der Waals surface area contributed by atoms with Gasteiger partial charge in [0.05, 0.1) is 4.92 Å². The molecule has 0 unspecified atom stereocenters. The van der Waals surface area contributed by atoms with Gasteiger partial charge in [0, 0.05) is 11.6 Å². The molecule has 0 heterocycles. The summed E-state index contributed by atoms with van der Waals surface area (Å²) in [6.07, 6.45) is 0. The van der Waals surface area contributed by atoms with Gasteiger partial charge >= 0.3 is 11.7 Å². The fourth-order valence-electron chi connectivity index (χ4n) is 1.41. The van der Waals surface area contributed by atoms with Crippen molar-refractivity contribution in [3.05, 3.63) is 34.4 Å². The Morgan fingerprint density at radius 3 is 2.48 bits per heavy atom. The lowest BCUT2D eigenvalue weighted by atomic mass is 10.1. The van der Waals surface area contributed by atoms with Gasteiger partial charge in [-0.3, -0.25) is 20.2 Å². The molecule has 0 aliphatic heterocycles. The molecule has 1 rings (SSSR count). The summed E-state index contributed by atoms with van der Waals surface area (Å²) in [5.41, 5.74) is -0.729. The minimum Gasteiger partial charge on any atom is -0.477 e. The van der Waals surface area contributed by atoms with E-state index in [1.54, 1.807) is 26.8 Å². The Kier molecular flexibility index (Phi) is 5.23. The lowest BCUT2D eigenvalue weighted by molar-refractivity contribution is -0.385. The molecule has 8 nitrogen and oxygen atoms in total. The number of imide groups is 1. The summed E-state index contributed by atoms with van der Waals surface area (Å²) >= 11 is 0. The monoisotopic (exact) mass is 295 g/mol. The Hall–Kier alpha value is -2.64. The number of nitro groups is 1. The molecule has 2 N–H and O–H groups in total. The smallest absolute Gasteiger partial charge is 0.321 e. The molecule has 1 aromatic rings. The predicted octanol–water partition coefficient (Wildman–Crippen LogP) is 1.60. The van der Waals surface area contributed by atoms with Gasteiger partial charge in [-0.05, 0) is 26.8 Å². The molecule has 1 aromatic carbocycles. The Bertz CT molecular complexity index is 551. The van der Waals surface area contributed by atoms with E-state index in [2.05, 4.69) is 10.6 Å². The summed E-state index contributed by atoms with van der Waals surface area (Å²) in [7, 11) is 0. The van der Waals surface area contributed by atoms with E-state index in [4.69, 9.17) is 4.74 Å². The molecule has 0 atom stereocenters. The summed E-state index contributed by atoms with van der Waals surface area (Å²) in [6, 6.07) is 5.02. The van der Waals surface area contributed by atoms with Crippen molar-refractivity contribution in [3.63, 3.8) is 0 Å². The number of ether oxygens (including phenoxy) is 1. The quantitative estimate of drug-likeness (QED) is 0.647. The number of amides is 3. The van der Waals surface area contributed by atoms with Crippen molar-refractivity contribution in [1.82, 2.24) is 10.6 Å². The molecule has 0 radical (unpaired) electrons. The summed E-state index contributed by atoms with van der Waals surface area (Å²) in [6.45, 7) is 4.80. The van der Waals surface area contributed by atoms with Crippen molar-refractivity contribution >= 4 is 17.6 Å². The first-order chi connectivity index (χ1) is 9.69. The standard InChI is InChI=1S/C13H17N3O5/c1-13(2,3)15-12(18)14-11(17)8-21-10-7-5-4-6-9(10)16(19)20/h4-7H,8H2,1-3H3,(H2,14,15,17,18). The van der Waals surface area contributed by atoms with Crippen molar-refractivity contribution in [1.29, 1.82) is 0 Å². The SMILES string of the molecule is CC(C)(C)NC(=O)NC(=O)COc1ccccc1[N+](=O)[O-]. The van der Waals surface area contributed by atoms with E-state index < -0.39 is 29.0 Å². The summed E-state index contributed by atoms with van der Waals surface area (Å²) in [5, 5.41) is 15.4. The van der Waals surface area contributed by atoms with Crippen LogP contribution in [0.5, 0.6) is 5.75 Å². The molecule has 0 aliphatic carbocycles. The molecule has 0 bridgehead atoms. The van der Waals surface area contributed by atoms with Crippen LogP contribution in [0.2, 0.25) is 0 Å². The van der Waals surface area contributed by atoms with Crippen LogP contribution in [-0.4, -0.2) is 29.0 Å². The number of rotatable bonds is 4. The Labute approximate surface area is 121 Å². The van der Waals surface area contributed by atoms with E-state index in [1.165, 1.54) is 18.2 Å².